The van der Waals surface area contributed by atoms with Crippen LogP contribution in [0.2, 0.25) is 0 Å². The van der Waals surface area contributed by atoms with Crippen LogP contribution in [0.25, 0.3) is 0 Å². The second kappa shape index (κ2) is 4.84. The van der Waals surface area contributed by atoms with Gasteiger partial charge in [-0.25, -0.2) is 0 Å². The lowest BCUT2D eigenvalue weighted by molar-refractivity contribution is -0.141. The summed E-state index contributed by atoms with van der Waals surface area (Å²) in [4.78, 5) is 24.8. The van der Waals surface area contributed by atoms with E-state index in [1.807, 2.05) is 18.2 Å². The second-order valence-corrected chi connectivity index (χ2v) is 5.99. The van der Waals surface area contributed by atoms with Gasteiger partial charge in [0.05, 0.1) is 6.04 Å². The molecule has 0 aliphatic carbocycles. The highest BCUT2D eigenvalue weighted by molar-refractivity contribution is 14.1. The number of amides is 2. The minimum absolute atomic E-state index is 0.234. The number of benzene rings is 1. The molecule has 5 nitrogen and oxygen atoms in total. The summed E-state index contributed by atoms with van der Waals surface area (Å²) in [5.41, 5.74) is 1.93. The molecule has 1 saturated heterocycles. The molecule has 2 atom stereocenters. The Hall–Kier alpha value is -0.990. The van der Waals surface area contributed by atoms with Crippen molar-refractivity contribution >= 4 is 34.4 Å². The number of aliphatic hydroxyl groups excluding tert-OH is 1. The fourth-order valence-electron chi connectivity index (χ4n) is 2.74. The van der Waals surface area contributed by atoms with Crippen molar-refractivity contribution in [2.75, 3.05) is 0 Å². The summed E-state index contributed by atoms with van der Waals surface area (Å²) in [5.74, 6) is -0.542. The zero-order valence-electron chi connectivity index (χ0n) is 10.1. The molecule has 2 aliphatic rings. The maximum atomic E-state index is 11.9. The van der Waals surface area contributed by atoms with E-state index < -0.39 is 12.3 Å². The number of nitrogens with zero attached hydrogens (tertiary/aromatic N) is 1. The average Bonchev–Trinajstić information content (AvgIpc) is 2.68. The first-order valence-corrected chi connectivity index (χ1v) is 7.20. The summed E-state index contributed by atoms with van der Waals surface area (Å²) < 4.78 is 0.998. The molecule has 1 aromatic rings. The van der Waals surface area contributed by atoms with E-state index in [9.17, 15) is 14.7 Å². The van der Waals surface area contributed by atoms with Gasteiger partial charge in [-0.05, 0) is 40.6 Å². The molecule has 3 rings (SSSR count). The minimum atomic E-state index is -0.771. The van der Waals surface area contributed by atoms with Crippen molar-refractivity contribution in [3.05, 3.63) is 32.9 Å². The lowest BCUT2D eigenvalue weighted by atomic mass is 10.0. The first-order valence-electron chi connectivity index (χ1n) is 6.12. The van der Waals surface area contributed by atoms with E-state index in [2.05, 4.69) is 27.9 Å². The highest BCUT2D eigenvalue weighted by Crippen LogP contribution is 2.37. The molecule has 0 bridgehead atoms. The van der Waals surface area contributed by atoms with Gasteiger partial charge in [0.15, 0.2) is 0 Å². The van der Waals surface area contributed by atoms with Crippen LogP contribution in [0.15, 0.2) is 18.2 Å². The smallest absolute Gasteiger partial charge is 0.244 e. The number of carbonyl (C=O) groups is 2. The van der Waals surface area contributed by atoms with Crippen molar-refractivity contribution in [3.63, 3.8) is 0 Å². The second-order valence-electron chi connectivity index (χ2n) is 4.83. The molecule has 100 valence electrons. The van der Waals surface area contributed by atoms with Crippen LogP contribution in [0.1, 0.15) is 30.2 Å². The molecule has 0 radical (unpaired) electrons. The Bertz CT molecular complexity index is 561. The molecular weight excluding hydrogens is 359 g/mol. The van der Waals surface area contributed by atoms with E-state index >= 15 is 0 Å². The van der Waals surface area contributed by atoms with Crippen LogP contribution in [-0.2, 0) is 16.1 Å². The van der Waals surface area contributed by atoms with Gasteiger partial charge in [-0.15, -0.1) is 0 Å². The molecule has 2 aliphatic heterocycles. The van der Waals surface area contributed by atoms with Gasteiger partial charge in [0, 0.05) is 22.1 Å². The summed E-state index contributed by atoms with van der Waals surface area (Å²) >= 11 is 2.19. The van der Waals surface area contributed by atoms with Gasteiger partial charge in [0.1, 0.15) is 6.23 Å². The van der Waals surface area contributed by atoms with E-state index in [1.165, 1.54) is 0 Å². The van der Waals surface area contributed by atoms with Crippen LogP contribution in [0.3, 0.4) is 0 Å². The molecule has 2 amide bonds. The van der Waals surface area contributed by atoms with Crippen LogP contribution in [-0.4, -0.2) is 27.9 Å². The molecule has 2 unspecified atom stereocenters. The first kappa shape index (κ1) is 13.0. The van der Waals surface area contributed by atoms with Crippen molar-refractivity contribution in [1.82, 2.24) is 10.2 Å². The van der Waals surface area contributed by atoms with E-state index in [0.717, 1.165) is 14.7 Å². The third kappa shape index (κ3) is 2.17. The van der Waals surface area contributed by atoms with E-state index in [4.69, 9.17) is 0 Å². The predicted octanol–water partition coefficient (Wildman–Crippen LogP) is 0.903. The van der Waals surface area contributed by atoms with Crippen molar-refractivity contribution < 1.29 is 14.7 Å². The molecule has 0 spiro atoms. The number of nitrogens with one attached hydrogen (secondary N) is 1. The molecule has 19 heavy (non-hydrogen) atoms. The number of halogens is 1. The highest BCUT2D eigenvalue weighted by atomic mass is 127. The Morgan fingerprint density at radius 3 is 2.84 bits per heavy atom. The molecule has 2 heterocycles. The lowest BCUT2D eigenvalue weighted by Gasteiger charge is -2.31. The normalized spacial score (nSPS) is 27.3. The Balaban J connectivity index is 1.88. The highest BCUT2D eigenvalue weighted by Gasteiger charge is 2.40. The van der Waals surface area contributed by atoms with E-state index in [0.29, 0.717) is 19.4 Å². The van der Waals surface area contributed by atoms with Gasteiger partial charge in [0.25, 0.3) is 0 Å². The zero-order valence-corrected chi connectivity index (χ0v) is 12.3. The number of piperidine rings is 1. The van der Waals surface area contributed by atoms with Crippen LogP contribution in [0.5, 0.6) is 0 Å². The summed E-state index contributed by atoms with van der Waals surface area (Å²) in [7, 11) is 0. The number of hydrogen-bond acceptors (Lipinski definition) is 4. The van der Waals surface area contributed by atoms with Gasteiger partial charge in [0.2, 0.25) is 11.8 Å². The standard InChI is InChI=1S/C13H13IN2O3/c14-8-3-1-2-7-6-16(13(19)11(7)8)9-4-5-10(17)15-12(9)18/h1-3,9,13,19H,4-6H2,(H,15,17,18). The molecule has 0 saturated carbocycles. The fraction of sp³-hybridized carbons (Fsp3) is 0.385. The van der Waals surface area contributed by atoms with Gasteiger partial charge in [-0.1, -0.05) is 12.1 Å². The summed E-state index contributed by atoms with van der Waals surface area (Å²) in [5, 5.41) is 12.7. The average molecular weight is 372 g/mol. The predicted molar refractivity (Wildman–Crippen MR) is 75.8 cm³/mol. The number of carbonyl (C=O) groups excluding carboxylic acids is 2. The van der Waals surface area contributed by atoms with Crippen LogP contribution >= 0.6 is 22.6 Å². The number of aliphatic hydroxyl groups is 1. The molecule has 0 aromatic heterocycles. The lowest BCUT2D eigenvalue weighted by Crippen LogP contribution is -2.51. The van der Waals surface area contributed by atoms with E-state index in [1.54, 1.807) is 4.90 Å². The monoisotopic (exact) mass is 372 g/mol. The number of imide groups is 1. The molecule has 1 aromatic carbocycles. The summed E-state index contributed by atoms with van der Waals surface area (Å²) in [6, 6.07) is 5.42. The van der Waals surface area contributed by atoms with Crippen LogP contribution in [0.4, 0.5) is 0 Å². The van der Waals surface area contributed by atoms with Crippen molar-refractivity contribution in [2.24, 2.45) is 0 Å². The van der Waals surface area contributed by atoms with Crippen molar-refractivity contribution in [1.29, 1.82) is 0 Å². The largest absolute Gasteiger partial charge is 0.374 e. The Labute approximate surface area is 124 Å². The van der Waals surface area contributed by atoms with Gasteiger partial charge >= 0.3 is 0 Å². The van der Waals surface area contributed by atoms with Gasteiger partial charge < -0.3 is 5.11 Å². The Kier molecular flexibility index (Phi) is 3.32. The first-order chi connectivity index (χ1) is 9.08. The number of hydrogen-bond donors (Lipinski definition) is 2. The SMILES string of the molecule is O=C1CCC(N2Cc3cccc(I)c3C2O)C(=O)N1. The molecule has 6 heteroatoms. The number of fused-ring (bicyclic) bond motifs is 1. The molecule has 1 fully saturated rings. The Morgan fingerprint density at radius 2 is 2.16 bits per heavy atom. The maximum absolute atomic E-state index is 11.9. The topological polar surface area (TPSA) is 69.6 Å². The zero-order chi connectivity index (χ0) is 13.6. The third-order valence-electron chi connectivity index (χ3n) is 3.68. The number of rotatable bonds is 1. The summed E-state index contributed by atoms with van der Waals surface area (Å²) in [6.07, 6.45) is 0.0198. The quantitative estimate of drug-likeness (QED) is 0.568. The Morgan fingerprint density at radius 1 is 1.37 bits per heavy atom. The van der Waals surface area contributed by atoms with Gasteiger partial charge in [-0.2, -0.15) is 0 Å². The third-order valence-corrected chi connectivity index (χ3v) is 4.62. The summed E-state index contributed by atoms with van der Waals surface area (Å²) in [6.45, 7) is 0.541. The van der Waals surface area contributed by atoms with Crippen LogP contribution in [0, 0.1) is 3.57 Å². The fourth-order valence-corrected chi connectivity index (χ4v) is 3.57. The maximum Gasteiger partial charge on any atom is 0.244 e. The van der Waals surface area contributed by atoms with E-state index in [-0.39, 0.29) is 11.8 Å². The van der Waals surface area contributed by atoms with Crippen LogP contribution < -0.4 is 5.32 Å². The van der Waals surface area contributed by atoms with Crippen molar-refractivity contribution in [2.45, 2.75) is 31.7 Å². The molecular formula is C13H13IN2O3. The van der Waals surface area contributed by atoms with Gasteiger partial charge in [-0.3, -0.25) is 19.8 Å². The van der Waals surface area contributed by atoms with Crippen molar-refractivity contribution in [3.8, 4) is 0 Å². The molecule has 2 N–H and O–H groups in total. The minimum Gasteiger partial charge on any atom is -0.374 e.